The first kappa shape index (κ1) is 18.2. The molecule has 1 aliphatic rings. The Morgan fingerprint density at radius 1 is 1.47 bits per heavy atom. The molecule has 1 aromatic heterocycles. The third kappa shape index (κ3) is 4.67. The summed E-state index contributed by atoms with van der Waals surface area (Å²) in [6, 6.07) is 0.0673. The minimum atomic E-state index is -0.636. The maximum Gasteiger partial charge on any atom is 0.240 e. The molecule has 1 aliphatic carbocycles. The molecule has 3 N–H and O–H groups in total. The van der Waals surface area contributed by atoms with Crippen molar-refractivity contribution >= 4 is 30.7 Å². The summed E-state index contributed by atoms with van der Waals surface area (Å²) in [7, 11) is 0. The molecule has 1 aromatic rings. The van der Waals surface area contributed by atoms with Gasteiger partial charge in [-0.25, -0.2) is 4.98 Å². The number of aromatic nitrogens is 2. The maximum atomic E-state index is 12.0. The van der Waals surface area contributed by atoms with Crippen molar-refractivity contribution in [1.29, 1.82) is 0 Å². The summed E-state index contributed by atoms with van der Waals surface area (Å²) in [6.45, 7) is 2.71. The van der Waals surface area contributed by atoms with Gasteiger partial charge in [0, 0.05) is 25.0 Å². The minimum absolute atomic E-state index is 0. The average Bonchev–Trinajstić information content (AvgIpc) is 2.90. The second kappa shape index (κ2) is 7.72. The van der Waals surface area contributed by atoms with Crippen molar-refractivity contribution in [1.82, 2.24) is 14.9 Å². The van der Waals surface area contributed by atoms with Gasteiger partial charge in [0.25, 0.3) is 0 Å². The van der Waals surface area contributed by atoms with Gasteiger partial charge in [-0.3, -0.25) is 4.79 Å². The summed E-state index contributed by atoms with van der Waals surface area (Å²) in [5.74, 6) is -0.0115. The van der Waals surface area contributed by atoms with E-state index in [2.05, 4.69) is 10.3 Å². The SMILES string of the molecule is CC(Cn1ccnc1)NC(=O)C1(N)CCCC1.Cl.Cl. The molecule has 0 bridgehead atoms. The number of halogens is 2. The highest BCUT2D eigenvalue weighted by Gasteiger charge is 2.37. The van der Waals surface area contributed by atoms with E-state index in [0.29, 0.717) is 0 Å². The highest BCUT2D eigenvalue weighted by Crippen LogP contribution is 2.27. The molecule has 110 valence electrons. The lowest BCUT2D eigenvalue weighted by molar-refractivity contribution is -0.126. The number of imidazole rings is 1. The van der Waals surface area contributed by atoms with Crippen LogP contribution in [0.1, 0.15) is 32.6 Å². The zero-order chi connectivity index (χ0) is 12.3. The zero-order valence-corrected chi connectivity index (χ0v) is 12.7. The normalized spacial score (nSPS) is 18.0. The van der Waals surface area contributed by atoms with Crippen LogP contribution in [0.2, 0.25) is 0 Å². The molecule has 1 saturated carbocycles. The van der Waals surface area contributed by atoms with Gasteiger partial charge in [-0.2, -0.15) is 0 Å². The van der Waals surface area contributed by atoms with E-state index in [1.807, 2.05) is 17.7 Å². The number of nitrogens with one attached hydrogen (secondary N) is 1. The Morgan fingerprint density at radius 2 is 2.11 bits per heavy atom. The first-order valence-corrected chi connectivity index (χ1v) is 6.16. The molecule has 5 nitrogen and oxygen atoms in total. The lowest BCUT2D eigenvalue weighted by Crippen LogP contribution is -2.54. The number of nitrogens with zero attached hydrogens (tertiary/aromatic N) is 2. The van der Waals surface area contributed by atoms with Gasteiger partial charge in [-0.1, -0.05) is 12.8 Å². The molecular weight excluding hydrogens is 287 g/mol. The molecule has 19 heavy (non-hydrogen) atoms. The number of nitrogens with two attached hydrogens (primary N) is 1. The van der Waals surface area contributed by atoms with Crippen LogP contribution in [-0.2, 0) is 11.3 Å². The molecule has 1 unspecified atom stereocenters. The molecular formula is C12H22Cl2N4O. The largest absolute Gasteiger partial charge is 0.350 e. The predicted molar refractivity (Wildman–Crippen MR) is 79.7 cm³/mol. The van der Waals surface area contributed by atoms with Crippen molar-refractivity contribution in [3.05, 3.63) is 18.7 Å². The first-order valence-electron chi connectivity index (χ1n) is 6.16. The van der Waals surface area contributed by atoms with Crippen LogP contribution in [0.4, 0.5) is 0 Å². The maximum absolute atomic E-state index is 12.0. The minimum Gasteiger partial charge on any atom is -0.350 e. The van der Waals surface area contributed by atoms with E-state index in [1.165, 1.54) is 0 Å². The molecule has 2 rings (SSSR count). The van der Waals surface area contributed by atoms with E-state index < -0.39 is 5.54 Å². The zero-order valence-electron chi connectivity index (χ0n) is 11.0. The van der Waals surface area contributed by atoms with Crippen molar-refractivity contribution < 1.29 is 4.79 Å². The van der Waals surface area contributed by atoms with Crippen LogP contribution in [0.3, 0.4) is 0 Å². The topological polar surface area (TPSA) is 72.9 Å². The second-order valence-corrected chi connectivity index (χ2v) is 5.00. The van der Waals surface area contributed by atoms with Gasteiger partial charge in [0.1, 0.15) is 0 Å². The van der Waals surface area contributed by atoms with Gasteiger partial charge in [0.05, 0.1) is 11.9 Å². The number of carbonyl (C=O) groups is 1. The van der Waals surface area contributed by atoms with Crippen molar-refractivity contribution in [2.45, 2.75) is 50.7 Å². The van der Waals surface area contributed by atoms with Crippen LogP contribution in [0.15, 0.2) is 18.7 Å². The highest BCUT2D eigenvalue weighted by atomic mass is 35.5. The van der Waals surface area contributed by atoms with E-state index in [4.69, 9.17) is 5.73 Å². The van der Waals surface area contributed by atoms with E-state index in [0.717, 1.165) is 32.2 Å². The first-order chi connectivity index (χ1) is 8.10. The van der Waals surface area contributed by atoms with Crippen LogP contribution in [-0.4, -0.2) is 27.0 Å². The fraction of sp³-hybridized carbons (Fsp3) is 0.667. The monoisotopic (exact) mass is 308 g/mol. The molecule has 1 fully saturated rings. The van der Waals surface area contributed by atoms with Crippen molar-refractivity contribution in [3.8, 4) is 0 Å². The number of rotatable bonds is 4. The van der Waals surface area contributed by atoms with Gasteiger partial charge in [0.2, 0.25) is 5.91 Å². The predicted octanol–water partition coefficient (Wildman–Crippen LogP) is 1.50. The third-order valence-corrected chi connectivity index (χ3v) is 3.37. The Labute approximate surface area is 126 Å². The number of amides is 1. The quantitative estimate of drug-likeness (QED) is 0.885. The summed E-state index contributed by atoms with van der Waals surface area (Å²) in [5, 5.41) is 2.99. The van der Waals surface area contributed by atoms with Crippen molar-refractivity contribution in [2.24, 2.45) is 5.73 Å². The molecule has 1 heterocycles. The Kier molecular flexibility index (Phi) is 7.41. The Balaban J connectivity index is 0.00000162. The second-order valence-electron chi connectivity index (χ2n) is 5.00. The van der Waals surface area contributed by atoms with E-state index in [1.54, 1.807) is 12.5 Å². The van der Waals surface area contributed by atoms with Crippen molar-refractivity contribution in [2.75, 3.05) is 0 Å². The van der Waals surface area contributed by atoms with Crippen molar-refractivity contribution in [3.63, 3.8) is 0 Å². The summed E-state index contributed by atoms with van der Waals surface area (Å²) in [6.07, 6.45) is 9.08. The number of carbonyl (C=O) groups excluding carboxylic acids is 1. The molecule has 0 saturated heterocycles. The summed E-state index contributed by atoms with van der Waals surface area (Å²) >= 11 is 0. The Morgan fingerprint density at radius 3 is 2.63 bits per heavy atom. The van der Waals surface area contributed by atoms with Gasteiger partial charge < -0.3 is 15.6 Å². The van der Waals surface area contributed by atoms with E-state index >= 15 is 0 Å². The molecule has 1 atom stereocenters. The molecule has 1 amide bonds. The van der Waals surface area contributed by atoms with Crippen LogP contribution < -0.4 is 11.1 Å². The van der Waals surface area contributed by atoms with Gasteiger partial charge in [-0.05, 0) is 19.8 Å². The fourth-order valence-electron chi connectivity index (χ4n) is 2.36. The van der Waals surface area contributed by atoms with Crippen LogP contribution >= 0.6 is 24.8 Å². The lowest BCUT2D eigenvalue weighted by atomic mass is 9.98. The van der Waals surface area contributed by atoms with Gasteiger partial charge >= 0.3 is 0 Å². The highest BCUT2D eigenvalue weighted by molar-refractivity contribution is 5.86. The number of hydrogen-bond acceptors (Lipinski definition) is 3. The van der Waals surface area contributed by atoms with E-state index in [9.17, 15) is 4.79 Å². The van der Waals surface area contributed by atoms with Gasteiger partial charge in [-0.15, -0.1) is 24.8 Å². The standard InChI is InChI=1S/C12H20N4O.2ClH/c1-10(8-16-7-6-14-9-16)15-11(17)12(13)4-2-3-5-12;;/h6-7,9-10H,2-5,8,13H2,1H3,(H,15,17);2*1H. The summed E-state index contributed by atoms with van der Waals surface area (Å²) in [5.41, 5.74) is 5.46. The van der Waals surface area contributed by atoms with Gasteiger partial charge in [0.15, 0.2) is 0 Å². The smallest absolute Gasteiger partial charge is 0.240 e. The summed E-state index contributed by atoms with van der Waals surface area (Å²) in [4.78, 5) is 16.0. The summed E-state index contributed by atoms with van der Waals surface area (Å²) < 4.78 is 1.95. The molecule has 0 aromatic carbocycles. The van der Waals surface area contributed by atoms with E-state index in [-0.39, 0.29) is 36.8 Å². The van der Waals surface area contributed by atoms with Crippen LogP contribution in [0.25, 0.3) is 0 Å². The molecule has 0 spiro atoms. The fourth-order valence-corrected chi connectivity index (χ4v) is 2.36. The lowest BCUT2D eigenvalue weighted by Gasteiger charge is -2.25. The molecule has 7 heteroatoms. The Bertz CT molecular complexity index is 377. The average molecular weight is 309 g/mol. The molecule has 0 radical (unpaired) electrons. The Hall–Kier alpha value is -0.780. The third-order valence-electron chi connectivity index (χ3n) is 3.37. The van der Waals surface area contributed by atoms with Crippen LogP contribution in [0, 0.1) is 0 Å². The number of hydrogen-bond donors (Lipinski definition) is 2. The van der Waals surface area contributed by atoms with Crippen LogP contribution in [0.5, 0.6) is 0 Å². The molecule has 0 aliphatic heterocycles.